The molecule has 16 aromatic rings. The fourth-order valence-electron chi connectivity index (χ4n) is 14.0. The molecular weight excluding hydrogens is 1750 g/mol. The van der Waals surface area contributed by atoms with Gasteiger partial charge in [-0.05, 0) is 195 Å². The molecule has 12 aromatic carbocycles. The second-order valence-corrected chi connectivity index (χ2v) is 35.7. The third kappa shape index (κ3) is 19.8. The number of nitrogens with zero attached hydrogens (tertiary/aromatic N) is 2. The number of aromatic hydroxyl groups is 1. The summed E-state index contributed by atoms with van der Waals surface area (Å²) in [7, 11) is -16.9. The van der Waals surface area contributed by atoms with Crippen LogP contribution in [0.2, 0.25) is 15.1 Å². The van der Waals surface area contributed by atoms with Crippen LogP contribution in [0, 0.1) is 6.07 Å². The van der Waals surface area contributed by atoms with E-state index in [0.717, 1.165) is 102 Å². The molecule has 119 heavy (non-hydrogen) atoms. The molecule has 0 aliphatic carbocycles. The van der Waals surface area contributed by atoms with Gasteiger partial charge >= 0.3 is 129 Å². The zero-order chi connectivity index (χ0) is 82.9. The summed E-state index contributed by atoms with van der Waals surface area (Å²) in [5.74, 6) is 1.36. The maximum Gasteiger partial charge on any atom is 1.00 e. The zero-order valence-corrected chi connectivity index (χ0v) is 80.6. The van der Waals surface area contributed by atoms with Crippen molar-refractivity contribution in [2.24, 2.45) is 0 Å². The molecule has 0 amide bonds. The van der Waals surface area contributed by atoms with Crippen molar-refractivity contribution < 1.29 is 189 Å². The van der Waals surface area contributed by atoms with E-state index in [1.165, 1.54) is 56.1 Å². The summed E-state index contributed by atoms with van der Waals surface area (Å²) < 4.78 is 151. The fourth-order valence-corrected chi connectivity index (χ4v) is 18.6. The molecule has 0 spiro atoms. The predicted octanol–water partition coefficient (Wildman–Crippen LogP) is 7.37. The number of hydrogen-bond acceptors (Lipinski definition) is 22. The molecule has 0 bridgehead atoms. The van der Waals surface area contributed by atoms with E-state index >= 15 is 9.59 Å². The standard InChI is InChI=1S/C48H36NO11S3.C30H22Cl3NO2S.C6H6O4S.4Na.O3S/c1-26(2)34-11-8-12-35(27(3)4)46(34)49-47(50)43-38(59-28-9-6-5-7-10-28)24-37-36-22-17-31(58-29-13-18-32(19-14-29)62(52,53)54)23-40(36)61-41-25-39(44(48(49)51)45(43)42(37)41)60-30-15-20-33(21-16-30)63(55,56)57;1-13(2)16-6-5-7-17(14(3)4)28(16)34-29(35)25-20(32)11-19-18-9-8-15(31)10-22(18)37-23-12-21(33)26(30(34)36)27(25)24(19)23;7-5-1-3-6(4-2-5)11(8,9)10;;;;;1-4(2)3/h6-27H,1-4H3,(H,52,53,54)(H,55,56,57);5-14H,1-4H3;1-4,7H,(H,8,9,10);;;;;/q-1;;;4*+1;/p-3. The molecule has 0 aliphatic rings. The Labute approximate surface area is 794 Å². The fraction of sp³-hybridized carbons (Fsp3) is 0.143. The summed E-state index contributed by atoms with van der Waals surface area (Å²) in [4.78, 5) is 58.3. The van der Waals surface area contributed by atoms with Crippen LogP contribution in [0.3, 0.4) is 0 Å². The number of aromatic nitrogens is 2. The molecular formula is C84H61Cl3N2Na4O20S6. The number of para-hydroxylation sites is 2. The number of phenolic OH excluding ortho intramolecular Hbond substituents is 1. The molecule has 0 saturated heterocycles. The summed E-state index contributed by atoms with van der Waals surface area (Å²) in [6.45, 7) is 16.2. The van der Waals surface area contributed by atoms with Crippen LogP contribution in [-0.2, 0) is 41.0 Å². The molecule has 0 atom stereocenters. The van der Waals surface area contributed by atoms with Crippen LogP contribution in [0.1, 0.15) is 101 Å². The van der Waals surface area contributed by atoms with E-state index in [9.17, 15) is 48.5 Å². The van der Waals surface area contributed by atoms with Crippen LogP contribution in [-0.4, -0.2) is 65.8 Å². The number of rotatable bonds is 15. The summed E-state index contributed by atoms with van der Waals surface area (Å²) in [6.07, 6.45) is 0. The minimum absolute atomic E-state index is 0. The number of halogens is 3. The van der Waals surface area contributed by atoms with Gasteiger partial charge in [-0.25, -0.2) is 34.4 Å². The zero-order valence-electron chi connectivity index (χ0n) is 65.5. The van der Waals surface area contributed by atoms with Gasteiger partial charge in [0.05, 0.1) is 57.7 Å². The van der Waals surface area contributed by atoms with Crippen molar-refractivity contribution in [3.05, 3.63) is 279 Å². The molecule has 0 fully saturated rings. The largest absolute Gasteiger partial charge is 1.00 e. The second-order valence-electron chi connectivity index (χ2n) is 27.7. The van der Waals surface area contributed by atoms with Crippen LogP contribution in [0.5, 0.6) is 40.2 Å². The van der Waals surface area contributed by atoms with E-state index < -0.39 is 73.0 Å². The molecule has 588 valence electrons. The van der Waals surface area contributed by atoms with Gasteiger partial charge in [0.1, 0.15) is 64.9 Å². The summed E-state index contributed by atoms with van der Waals surface area (Å²) in [5.41, 5.74) is 2.41. The van der Waals surface area contributed by atoms with Crippen LogP contribution in [0.25, 0.3) is 94.8 Å². The van der Waals surface area contributed by atoms with Crippen molar-refractivity contribution in [1.29, 1.82) is 0 Å². The molecule has 4 aromatic heterocycles. The summed E-state index contributed by atoms with van der Waals surface area (Å²) >= 11 is 22.9. The van der Waals surface area contributed by atoms with E-state index in [1.54, 1.807) is 48.5 Å². The van der Waals surface area contributed by atoms with Gasteiger partial charge < -0.3 is 33.0 Å². The Kier molecular flexibility index (Phi) is 31.2. The first-order valence-corrected chi connectivity index (χ1v) is 42.9. The van der Waals surface area contributed by atoms with Crippen LogP contribution >= 0.6 is 57.5 Å². The Balaban J connectivity index is 0.000000242. The van der Waals surface area contributed by atoms with Gasteiger partial charge in [0, 0.05) is 51.1 Å². The number of ether oxygens (including phenoxy) is 3. The average molecular weight is 1810 g/mol. The minimum atomic E-state index is -4.77. The molecule has 0 aliphatic heterocycles. The van der Waals surface area contributed by atoms with Crippen molar-refractivity contribution in [2.45, 2.75) is 93.7 Å². The summed E-state index contributed by atoms with van der Waals surface area (Å²) in [5, 5.41) is 16.2. The Morgan fingerprint density at radius 2 is 0.714 bits per heavy atom. The van der Waals surface area contributed by atoms with Gasteiger partial charge in [-0.15, -0.1) is 47.4 Å². The van der Waals surface area contributed by atoms with Crippen molar-refractivity contribution in [1.82, 2.24) is 9.13 Å². The van der Waals surface area contributed by atoms with Crippen molar-refractivity contribution in [3.8, 4) is 51.6 Å². The normalized spacial score (nSPS) is 11.6. The minimum Gasteiger partial charge on any atom is -0.744 e. The van der Waals surface area contributed by atoms with Crippen LogP contribution in [0.15, 0.2) is 228 Å². The Morgan fingerprint density at radius 1 is 0.378 bits per heavy atom. The third-order valence-corrected chi connectivity index (χ3v) is 24.6. The Hall–Kier alpha value is -6.70. The van der Waals surface area contributed by atoms with Gasteiger partial charge in [-0.2, -0.15) is 18.2 Å². The van der Waals surface area contributed by atoms with Gasteiger partial charge in [0.2, 0.25) is 0 Å². The molecule has 16 rings (SSSR count). The maximum absolute atomic E-state index is 15.5. The van der Waals surface area contributed by atoms with Crippen LogP contribution in [0.4, 0.5) is 0 Å². The van der Waals surface area contributed by atoms with Gasteiger partial charge in [-0.3, -0.25) is 19.2 Å². The summed E-state index contributed by atoms with van der Waals surface area (Å²) in [6, 6.07) is 53.9. The van der Waals surface area contributed by atoms with E-state index in [0.29, 0.717) is 79.7 Å². The van der Waals surface area contributed by atoms with Crippen molar-refractivity contribution in [3.63, 3.8) is 0 Å². The van der Waals surface area contributed by atoms with E-state index in [1.807, 2.05) is 100 Å². The Bertz CT molecular complexity index is 7310. The van der Waals surface area contributed by atoms with E-state index in [-0.39, 0.29) is 186 Å². The number of hydrogen-bond donors (Lipinski definition) is 1. The smallest absolute Gasteiger partial charge is 0.744 e. The molecule has 0 radical (unpaired) electrons. The Morgan fingerprint density at radius 3 is 1.13 bits per heavy atom. The third-order valence-electron chi connectivity index (χ3n) is 19.0. The molecule has 0 saturated carbocycles. The molecule has 22 nitrogen and oxygen atoms in total. The quantitative estimate of drug-likeness (QED) is 0.0344. The van der Waals surface area contributed by atoms with Crippen LogP contribution < -0.4 is 155 Å². The van der Waals surface area contributed by atoms with Crippen molar-refractivity contribution >= 4 is 182 Å². The van der Waals surface area contributed by atoms with Crippen molar-refractivity contribution in [2.75, 3.05) is 0 Å². The molecule has 35 heteroatoms. The first-order chi connectivity index (χ1) is 54.3. The van der Waals surface area contributed by atoms with E-state index in [4.69, 9.17) is 66.7 Å². The molecule has 1 N–H and O–H groups in total. The first-order valence-electron chi connectivity index (χ1n) is 34.9. The predicted molar refractivity (Wildman–Crippen MR) is 446 cm³/mol. The van der Waals surface area contributed by atoms with Gasteiger partial charge in [0.15, 0.2) is 0 Å². The van der Waals surface area contributed by atoms with Gasteiger partial charge in [-0.1, -0.05) is 133 Å². The van der Waals surface area contributed by atoms with E-state index in [2.05, 4.69) is 33.8 Å². The number of fused-ring (bicyclic) bond motifs is 4. The average Bonchev–Trinajstić information content (AvgIpc) is 0.701. The molecule has 0 unspecified atom stereocenters. The number of benzene rings is 12. The SMILES string of the molecule is CC(C)c1cccc(C(C)C)c1-n1c(=O)c2c(Cl)cc3sc4cc(Cl)ccc4c4cc(Cl)c(c1=O)c2c34.CC(C)c1cccc(C(C)C)c1-n1c(=O)c2c(Oc3ccc(S(=O)(=O)[O-])cc3)cc3sc4cc(Oc5ccc(S(=O)(=O)[O-])cc5)ccc4c4cc(Oc5cc[c-]cc5)c(c1=O)c2c34.O=S(=O)([O-])c1ccc(O)cc1.O=S(=O)=O.[Na+].[Na+].[Na+].[Na+]. The first kappa shape index (κ1) is 96.1. The molecule has 4 heterocycles. The topological polar surface area (TPSA) is 349 Å². The number of pyridine rings is 2. The van der Waals surface area contributed by atoms with Gasteiger partial charge in [0.25, 0.3) is 22.2 Å². The monoisotopic (exact) mass is 1810 g/mol. The number of phenols is 1. The second kappa shape index (κ2) is 38.6. The maximum atomic E-state index is 15.5.